The molecule has 5 heteroatoms. The van der Waals surface area contributed by atoms with E-state index in [9.17, 15) is 0 Å². The molecule has 1 aromatic heterocycles. The molecule has 0 bridgehead atoms. The van der Waals surface area contributed by atoms with E-state index in [2.05, 4.69) is 12.2 Å². The molecule has 0 atom stereocenters. The molecule has 0 amide bonds. The highest BCUT2D eigenvalue weighted by molar-refractivity contribution is 5.36. The maximum atomic E-state index is 6.13. The average molecular weight is 293 g/mol. The lowest BCUT2D eigenvalue weighted by Crippen LogP contribution is -2.35. The molecule has 1 heterocycles. The van der Waals surface area contributed by atoms with Crippen LogP contribution in [-0.4, -0.2) is 30.2 Å². The lowest BCUT2D eigenvalue weighted by molar-refractivity contribution is -0.0768. The van der Waals surface area contributed by atoms with E-state index in [1.165, 1.54) is 19.3 Å². The maximum absolute atomic E-state index is 6.13. The standard InChI is InChI=1S/C16H27N3O2/c1-4-17-14-11-13(12-20-3)18-15(19-14)16(21-5-2)9-7-6-8-10-16/h11H,4-10,12H2,1-3H3,(H,17,18,19). The van der Waals surface area contributed by atoms with Crippen LogP contribution in [0.1, 0.15) is 57.5 Å². The molecular weight excluding hydrogens is 266 g/mol. The molecule has 0 saturated heterocycles. The molecule has 5 nitrogen and oxygen atoms in total. The molecular formula is C16H27N3O2. The second-order valence-corrected chi connectivity index (χ2v) is 5.52. The van der Waals surface area contributed by atoms with Gasteiger partial charge in [-0.15, -0.1) is 0 Å². The van der Waals surface area contributed by atoms with E-state index in [1.807, 2.05) is 13.0 Å². The summed E-state index contributed by atoms with van der Waals surface area (Å²) in [7, 11) is 1.69. The van der Waals surface area contributed by atoms with Crippen LogP contribution in [0.5, 0.6) is 0 Å². The Hall–Kier alpha value is -1.20. The van der Waals surface area contributed by atoms with Crippen LogP contribution in [0.25, 0.3) is 0 Å². The number of ether oxygens (including phenoxy) is 2. The van der Waals surface area contributed by atoms with Gasteiger partial charge in [-0.2, -0.15) is 0 Å². The number of hydrogen-bond acceptors (Lipinski definition) is 5. The van der Waals surface area contributed by atoms with Gasteiger partial charge in [0.2, 0.25) is 0 Å². The van der Waals surface area contributed by atoms with E-state index in [1.54, 1.807) is 7.11 Å². The molecule has 0 aliphatic heterocycles. The van der Waals surface area contributed by atoms with Crippen molar-refractivity contribution in [3.8, 4) is 0 Å². The Kier molecular flexibility index (Phi) is 5.94. The molecule has 1 fully saturated rings. The zero-order valence-corrected chi connectivity index (χ0v) is 13.4. The zero-order chi connectivity index (χ0) is 15.1. The SMILES string of the molecule is CCNc1cc(COC)nc(C2(OCC)CCCCC2)n1. The summed E-state index contributed by atoms with van der Waals surface area (Å²) in [6, 6.07) is 1.96. The Morgan fingerprint density at radius 2 is 1.95 bits per heavy atom. The lowest BCUT2D eigenvalue weighted by atomic mass is 9.83. The van der Waals surface area contributed by atoms with Crippen LogP contribution < -0.4 is 5.32 Å². The largest absolute Gasteiger partial charge is 0.378 e. The fourth-order valence-corrected chi connectivity index (χ4v) is 3.03. The molecule has 1 aliphatic rings. The Morgan fingerprint density at radius 1 is 1.19 bits per heavy atom. The third-order valence-electron chi connectivity index (χ3n) is 3.92. The van der Waals surface area contributed by atoms with Crippen LogP contribution in [0.3, 0.4) is 0 Å². The second kappa shape index (κ2) is 7.71. The van der Waals surface area contributed by atoms with Crippen LogP contribution in [0, 0.1) is 0 Å². The summed E-state index contributed by atoms with van der Waals surface area (Å²) in [4.78, 5) is 9.44. The first-order chi connectivity index (χ1) is 10.2. The van der Waals surface area contributed by atoms with E-state index >= 15 is 0 Å². The molecule has 2 rings (SSSR count). The van der Waals surface area contributed by atoms with Gasteiger partial charge in [-0.25, -0.2) is 9.97 Å². The van der Waals surface area contributed by atoms with Gasteiger partial charge in [0, 0.05) is 26.3 Å². The van der Waals surface area contributed by atoms with Gasteiger partial charge in [0.1, 0.15) is 11.4 Å². The number of rotatable bonds is 7. The Labute approximate surface area is 127 Å². The molecule has 1 aromatic rings. The van der Waals surface area contributed by atoms with Gasteiger partial charge in [0.15, 0.2) is 5.82 Å². The van der Waals surface area contributed by atoms with Crippen molar-refractivity contribution in [1.82, 2.24) is 9.97 Å². The molecule has 0 unspecified atom stereocenters. The Morgan fingerprint density at radius 3 is 2.57 bits per heavy atom. The maximum Gasteiger partial charge on any atom is 0.162 e. The van der Waals surface area contributed by atoms with Gasteiger partial charge in [-0.05, 0) is 26.7 Å². The van der Waals surface area contributed by atoms with Crippen LogP contribution in [0.4, 0.5) is 5.82 Å². The number of nitrogens with zero attached hydrogens (tertiary/aromatic N) is 2. The van der Waals surface area contributed by atoms with E-state index in [4.69, 9.17) is 19.4 Å². The van der Waals surface area contributed by atoms with Gasteiger partial charge < -0.3 is 14.8 Å². The van der Waals surface area contributed by atoms with Gasteiger partial charge in [0.05, 0.1) is 12.3 Å². The number of nitrogens with one attached hydrogen (secondary N) is 1. The van der Waals surface area contributed by atoms with Crippen molar-refractivity contribution in [2.75, 3.05) is 25.6 Å². The van der Waals surface area contributed by atoms with Crippen LogP contribution in [0.2, 0.25) is 0 Å². The van der Waals surface area contributed by atoms with Crippen LogP contribution in [0.15, 0.2) is 6.07 Å². The lowest BCUT2D eigenvalue weighted by Gasteiger charge is -2.35. The smallest absolute Gasteiger partial charge is 0.162 e. The molecule has 1 aliphatic carbocycles. The number of anilines is 1. The fraction of sp³-hybridized carbons (Fsp3) is 0.750. The summed E-state index contributed by atoms with van der Waals surface area (Å²) >= 11 is 0. The first-order valence-electron chi connectivity index (χ1n) is 7.99. The first-order valence-corrected chi connectivity index (χ1v) is 7.99. The third-order valence-corrected chi connectivity index (χ3v) is 3.92. The summed E-state index contributed by atoms with van der Waals surface area (Å²) < 4.78 is 11.4. The van der Waals surface area contributed by atoms with Crippen molar-refractivity contribution in [3.63, 3.8) is 0 Å². The van der Waals surface area contributed by atoms with E-state index in [0.717, 1.165) is 36.7 Å². The number of methoxy groups -OCH3 is 1. The predicted octanol–water partition coefficient (Wildman–Crippen LogP) is 3.25. The highest BCUT2D eigenvalue weighted by Crippen LogP contribution is 2.39. The summed E-state index contributed by atoms with van der Waals surface area (Å²) in [6.45, 7) is 6.13. The molecule has 1 saturated carbocycles. The van der Waals surface area contributed by atoms with Gasteiger partial charge in [-0.1, -0.05) is 19.3 Å². The van der Waals surface area contributed by atoms with E-state index < -0.39 is 0 Å². The molecule has 0 spiro atoms. The van der Waals surface area contributed by atoms with E-state index in [0.29, 0.717) is 13.2 Å². The monoisotopic (exact) mass is 293 g/mol. The zero-order valence-electron chi connectivity index (χ0n) is 13.4. The Balaban J connectivity index is 2.37. The van der Waals surface area contributed by atoms with Crippen LogP contribution in [-0.2, 0) is 21.7 Å². The molecule has 0 radical (unpaired) electrons. The average Bonchev–Trinajstić information content (AvgIpc) is 2.49. The van der Waals surface area contributed by atoms with Crippen molar-refractivity contribution in [3.05, 3.63) is 17.6 Å². The van der Waals surface area contributed by atoms with Gasteiger partial charge in [-0.3, -0.25) is 0 Å². The fourth-order valence-electron chi connectivity index (χ4n) is 3.03. The molecule has 1 N–H and O–H groups in total. The van der Waals surface area contributed by atoms with Crippen molar-refractivity contribution in [1.29, 1.82) is 0 Å². The predicted molar refractivity (Wildman–Crippen MR) is 83.3 cm³/mol. The second-order valence-electron chi connectivity index (χ2n) is 5.52. The summed E-state index contributed by atoms with van der Waals surface area (Å²) in [5.41, 5.74) is 0.587. The summed E-state index contributed by atoms with van der Waals surface area (Å²) in [5, 5.41) is 3.28. The normalized spacial score (nSPS) is 17.7. The highest BCUT2D eigenvalue weighted by Gasteiger charge is 2.37. The number of aromatic nitrogens is 2. The summed E-state index contributed by atoms with van der Waals surface area (Å²) in [5.74, 6) is 1.67. The minimum Gasteiger partial charge on any atom is -0.378 e. The highest BCUT2D eigenvalue weighted by atomic mass is 16.5. The number of hydrogen-bond donors (Lipinski definition) is 1. The molecule has 21 heavy (non-hydrogen) atoms. The van der Waals surface area contributed by atoms with Crippen molar-refractivity contribution < 1.29 is 9.47 Å². The Bertz CT molecular complexity index is 415. The molecule has 118 valence electrons. The minimum atomic E-state index is -0.319. The van der Waals surface area contributed by atoms with Crippen molar-refractivity contribution in [2.45, 2.75) is 58.2 Å². The quantitative estimate of drug-likeness (QED) is 0.836. The first kappa shape index (κ1) is 16.2. The van der Waals surface area contributed by atoms with Gasteiger partial charge in [0.25, 0.3) is 0 Å². The minimum absolute atomic E-state index is 0.319. The molecule has 0 aromatic carbocycles. The summed E-state index contributed by atoms with van der Waals surface area (Å²) in [6.07, 6.45) is 5.63. The topological polar surface area (TPSA) is 56.3 Å². The van der Waals surface area contributed by atoms with Gasteiger partial charge >= 0.3 is 0 Å². The van der Waals surface area contributed by atoms with E-state index in [-0.39, 0.29) is 5.60 Å². The third kappa shape index (κ3) is 3.92. The van der Waals surface area contributed by atoms with Crippen molar-refractivity contribution in [2.24, 2.45) is 0 Å². The van der Waals surface area contributed by atoms with Crippen molar-refractivity contribution >= 4 is 5.82 Å². The van der Waals surface area contributed by atoms with Crippen LogP contribution >= 0.6 is 0 Å².